The van der Waals surface area contributed by atoms with Crippen molar-refractivity contribution in [3.8, 4) is 0 Å². The molecule has 0 aliphatic rings. The van der Waals surface area contributed by atoms with Gasteiger partial charge in [0.25, 0.3) is 0 Å². The van der Waals surface area contributed by atoms with Crippen molar-refractivity contribution in [2.75, 3.05) is 12.3 Å². The van der Waals surface area contributed by atoms with Gasteiger partial charge in [0.1, 0.15) is 0 Å². The van der Waals surface area contributed by atoms with Gasteiger partial charge in [0.05, 0.1) is 11.7 Å². The van der Waals surface area contributed by atoms with Gasteiger partial charge in [0.15, 0.2) is 0 Å². The number of carboxylic acid groups (broad SMARTS) is 1. The first kappa shape index (κ1) is 17.7. The van der Waals surface area contributed by atoms with Crippen LogP contribution in [-0.2, 0) is 21.2 Å². The first-order chi connectivity index (χ1) is 9.80. The van der Waals surface area contributed by atoms with Crippen molar-refractivity contribution in [2.24, 2.45) is 11.8 Å². The Hall–Kier alpha value is -1.40. The summed E-state index contributed by atoms with van der Waals surface area (Å²) < 4.78 is 26.2. The Morgan fingerprint density at radius 3 is 2.38 bits per heavy atom. The van der Waals surface area contributed by atoms with E-state index in [1.807, 2.05) is 44.2 Å². The fourth-order valence-electron chi connectivity index (χ4n) is 2.04. The van der Waals surface area contributed by atoms with Crippen LogP contribution in [0.3, 0.4) is 0 Å². The molecule has 1 unspecified atom stereocenters. The topological polar surface area (TPSA) is 83.5 Å². The second kappa shape index (κ2) is 8.14. The van der Waals surface area contributed by atoms with Crippen molar-refractivity contribution in [3.63, 3.8) is 0 Å². The SMILES string of the molecule is CC(C)CC(CNS(=O)(=O)CCc1ccccc1)C(=O)O. The average molecular weight is 313 g/mol. The van der Waals surface area contributed by atoms with Crippen LogP contribution >= 0.6 is 0 Å². The van der Waals surface area contributed by atoms with Crippen LogP contribution in [-0.4, -0.2) is 31.8 Å². The van der Waals surface area contributed by atoms with Gasteiger partial charge >= 0.3 is 5.97 Å². The summed E-state index contributed by atoms with van der Waals surface area (Å²) in [6.45, 7) is 3.78. The summed E-state index contributed by atoms with van der Waals surface area (Å²) >= 11 is 0. The average Bonchev–Trinajstić information content (AvgIpc) is 2.42. The zero-order valence-corrected chi connectivity index (χ0v) is 13.3. The molecule has 1 atom stereocenters. The van der Waals surface area contributed by atoms with Gasteiger partial charge in [-0.3, -0.25) is 4.79 Å². The third-order valence-electron chi connectivity index (χ3n) is 3.16. The van der Waals surface area contributed by atoms with E-state index in [0.29, 0.717) is 12.8 Å². The molecule has 0 heterocycles. The Bertz CT molecular complexity index is 540. The van der Waals surface area contributed by atoms with E-state index in [0.717, 1.165) is 5.56 Å². The zero-order valence-electron chi connectivity index (χ0n) is 12.5. The summed E-state index contributed by atoms with van der Waals surface area (Å²) in [5.41, 5.74) is 0.944. The highest BCUT2D eigenvalue weighted by molar-refractivity contribution is 7.89. The summed E-state index contributed by atoms with van der Waals surface area (Å²) in [6.07, 6.45) is 0.870. The van der Waals surface area contributed by atoms with E-state index in [4.69, 9.17) is 5.11 Å². The van der Waals surface area contributed by atoms with Gasteiger partial charge in [-0.1, -0.05) is 44.2 Å². The number of hydrogen-bond donors (Lipinski definition) is 2. The molecular formula is C15H23NO4S. The molecular weight excluding hydrogens is 290 g/mol. The first-order valence-electron chi connectivity index (χ1n) is 7.04. The fraction of sp³-hybridized carbons (Fsp3) is 0.533. The summed E-state index contributed by atoms with van der Waals surface area (Å²) in [4.78, 5) is 11.1. The predicted molar refractivity (Wildman–Crippen MR) is 82.5 cm³/mol. The van der Waals surface area contributed by atoms with Crippen molar-refractivity contribution in [1.82, 2.24) is 4.72 Å². The van der Waals surface area contributed by atoms with Crippen LogP contribution in [0.2, 0.25) is 0 Å². The highest BCUT2D eigenvalue weighted by Crippen LogP contribution is 2.11. The van der Waals surface area contributed by atoms with Crippen LogP contribution in [0.25, 0.3) is 0 Å². The van der Waals surface area contributed by atoms with E-state index in [1.165, 1.54) is 0 Å². The van der Waals surface area contributed by atoms with Gasteiger partial charge in [-0.2, -0.15) is 0 Å². The van der Waals surface area contributed by atoms with E-state index in [1.54, 1.807) is 0 Å². The molecule has 1 rings (SSSR count). The van der Waals surface area contributed by atoms with E-state index in [2.05, 4.69) is 4.72 Å². The summed E-state index contributed by atoms with van der Waals surface area (Å²) in [5, 5.41) is 9.09. The summed E-state index contributed by atoms with van der Waals surface area (Å²) in [7, 11) is -3.46. The van der Waals surface area contributed by atoms with Gasteiger partial charge < -0.3 is 5.11 Å². The van der Waals surface area contributed by atoms with Crippen molar-refractivity contribution in [3.05, 3.63) is 35.9 Å². The minimum atomic E-state index is -3.46. The lowest BCUT2D eigenvalue weighted by atomic mass is 9.98. The molecule has 0 bridgehead atoms. The van der Waals surface area contributed by atoms with Crippen molar-refractivity contribution < 1.29 is 18.3 Å². The van der Waals surface area contributed by atoms with E-state index >= 15 is 0 Å². The molecule has 0 aliphatic heterocycles. The highest BCUT2D eigenvalue weighted by atomic mass is 32.2. The third-order valence-corrected chi connectivity index (χ3v) is 4.51. The molecule has 0 radical (unpaired) electrons. The maximum atomic E-state index is 11.9. The van der Waals surface area contributed by atoms with E-state index in [9.17, 15) is 13.2 Å². The monoisotopic (exact) mass is 313 g/mol. The molecule has 1 aromatic carbocycles. The lowest BCUT2D eigenvalue weighted by Gasteiger charge is -2.15. The van der Waals surface area contributed by atoms with Gasteiger partial charge in [0, 0.05) is 6.54 Å². The quantitative estimate of drug-likeness (QED) is 0.729. The van der Waals surface area contributed by atoms with Crippen LogP contribution in [0.5, 0.6) is 0 Å². The molecule has 0 aliphatic carbocycles. The number of benzene rings is 1. The number of aliphatic carboxylic acids is 1. The largest absolute Gasteiger partial charge is 0.481 e. The Morgan fingerprint density at radius 1 is 1.24 bits per heavy atom. The van der Waals surface area contributed by atoms with Crippen LogP contribution < -0.4 is 4.72 Å². The molecule has 0 saturated heterocycles. The van der Waals surface area contributed by atoms with E-state index < -0.39 is 21.9 Å². The third kappa shape index (κ3) is 7.24. The maximum Gasteiger partial charge on any atom is 0.307 e. The molecule has 1 aromatic rings. The number of nitrogens with one attached hydrogen (secondary N) is 1. The van der Waals surface area contributed by atoms with Crippen LogP contribution in [0, 0.1) is 11.8 Å². The van der Waals surface area contributed by atoms with Crippen molar-refractivity contribution >= 4 is 16.0 Å². The molecule has 0 saturated carbocycles. The second-order valence-electron chi connectivity index (χ2n) is 5.57. The Labute approximate surface area is 126 Å². The van der Waals surface area contributed by atoms with E-state index in [-0.39, 0.29) is 18.2 Å². The van der Waals surface area contributed by atoms with Crippen molar-refractivity contribution in [2.45, 2.75) is 26.7 Å². The fourth-order valence-corrected chi connectivity index (χ4v) is 3.14. The second-order valence-corrected chi connectivity index (χ2v) is 7.49. The maximum absolute atomic E-state index is 11.9. The van der Waals surface area contributed by atoms with Gasteiger partial charge in [0.2, 0.25) is 10.0 Å². The molecule has 0 fully saturated rings. The lowest BCUT2D eigenvalue weighted by Crippen LogP contribution is -2.35. The van der Waals surface area contributed by atoms with Crippen molar-refractivity contribution in [1.29, 1.82) is 0 Å². The van der Waals surface area contributed by atoms with Crippen LogP contribution in [0.4, 0.5) is 0 Å². The van der Waals surface area contributed by atoms with Gasteiger partial charge in [-0.05, 0) is 24.3 Å². The normalized spacial score (nSPS) is 13.3. The van der Waals surface area contributed by atoms with Crippen LogP contribution in [0.15, 0.2) is 30.3 Å². The first-order valence-corrected chi connectivity index (χ1v) is 8.69. The minimum Gasteiger partial charge on any atom is -0.481 e. The molecule has 0 spiro atoms. The molecule has 118 valence electrons. The predicted octanol–water partition coefficient (Wildman–Crippen LogP) is 1.90. The number of sulfonamides is 1. The molecule has 5 nitrogen and oxygen atoms in total. The Kier molecular flexibility index (Phi) is 6.84. The summed E-state index contributed by atoms with van der Waals surface area (Å²) in [6, 6.07) is 9.33. The molecule has 2 N–H and O–H groups in total. The standard InChI is InChI=1S/C15H23NO4S/c1-12(2)10-14(15(17)18)11-16-21(19,20)9-8-13-6-4-3-5-7-13/h3-7,12,14,16H,8-11H2,1-2H3,(H,17,18). The van der Waals surface area contributed by atoms with Crippen LogP contribution in [0.1, 0.15) is 25.8 Å². The number of carbonyl (C=O) groups is 1. The number of rotatable bonds is 9. The smallest absolute Gasteiger partial charge is 0.307 e. The summed E-state index contributed by atoms with van der Waals surface area (Å²) in [5.74, 6) is -1.48. The van der Waals surface area contributed by atoms with Gasteiger partial charge in [-0.25, -0.2) is 13.1 Å². The number of hydrogen-bond acceptors (Lipinski definition) is 3. The molecule has 21 heavy (non-hydrogen) atoms. The Balaban J connectivity index is 2.49. The Morgan fingerprint density at radius 2 is 1.86 bits per heavy atom. The molecule has 6 heteroatoms. The zero-order chi connectivity index (χ0) is 15.9. The minimum absolute atomic E-state index is 0.0367. The van der Waals surface area contributed by atoms with Gasteiger partial charge in [-0.15, -0.1) is 0 Å². The molecule has 0 aromatic heterocycles. The highest BCUT2D eigenvalue weighted by Gasteiger charge is 2.21. The number of aryl methyl sites for hydroxylation is 1. The number of carboxylic acids is 1. The molecule has 0 amide bonds. The lowest BCUT2D eigenvalue weighted by molar-refractivity contribution is -0.142.